The van der Waals surface area contributed by atoms with E-state index in [1.165, 1.54) is 39.5 Å². The highest BCUT2D eigenvalue weighted by atomic mass is 32.2. The number of carbonyl (C=O) groups is 1. The molecule has 8 heteroatoms. The zero-order chi connectivity index (χ0) is 18.7. The second-order valence-corrected chi connectivity index (χ2v) is 7.69. The summed E-state index contributed by atoms with van der Waals surface area (Å²) in [6, 6.07) is 13.6. The molecule has 0 atom stereocenters. The number of rotatable bonds is 3. The summed E-state index contributed by atoms with van der Waals surface area (Å²) >= 11 is 0. The molecule has 1 aliphatic heterocycles. The molecule has 0 spiro atoms. The van der Waals surface area contributed by atoms with E-state index in [-0.39, 0.29) is 42.2 Å². The third-order valence-corrected chi connectivity index (χ3v) is 6.21. The molecule has 0 saturated carbocycles. The average molecular weight is 373 g/mol. The Bertz CT molecular complexity index is 977. The van der Waals surface area contributed by atoms with E-state index in [0.717, 1.165) is 0 Å². The number of carbonyl (C=O) groups excluding carboxylic acids is 1. The molecular weight excluding hydrogens is 357 g/mol. The van der Waals surface area contributed by atoms with E-state index >= 15 is 0 Å². The minimum Gasteiger partial charge on any atom is -0.336 e. The molecule has 6 nitrogen and oxygen atoms in total. The van der Waals surface area contributed by atoms with Gasteiger partial charge in [-0.1, -0.05) is 24.3 Å². The number of hydrogen-bond acceptors (Lipinski definition) is 4. The molecule has 2 aromatic rings. The van der Waals surface area contributed by atoms with E-state index in [9.17, 15) is 17.6 Å². The van der Waals surface area contributed by atoms with Crippen LogP contribution in [0.1, 0.15) is 15.9 Å². The van der Waals surface area contributed by atoms with Crippen LogP contribution in [-0.4, -0.2) is 49.7 Å². The van der Waals surface area contributed by atoms with Gasteiger partial charge < -0.3 is 4.90 Å². The Morgan fingerprint density at radius 2 is 1.62 bits per heavy atom. The van der Waals surface area contributed by atoms with Crippen LogP contribution in [0.4, 0.5) is 4.39 Å². The Hall–Kier alpha value is -2.76. The molecule has 1 heterocycles. The summed E-state index contributed by atoms with van der Waals surface area (Å²) in [6.07, 6.45) is 0. The van der Waals surface area contributed by atoms with Crippen molar-refractivity contribution in [3.8, 4) is 6.07 Å². The number of halogens is 1. The van der Waals surface area contributed by atoms with Gasteiger partial charge in [0, 0.05) is 26.2 Å². The van der Waals surface area contributed by atoms with Gasteiger partial charge in [-0.2, -0.15) is 9.57 Å². The topological polar surface area (TPSA) is 81.5 Å². The lowest BCUT2D eigenvalue weighted by Crippen LogP contribution is -2.50. The Balaban J connectivity index is 1.75. The fourth-order valence-corrected chi connectivity index (χ4v) is 4.42. The van der Waals surface area contributed by atoms with E-state index in [0.29, 0.717) is 0 Å². The van der Waals surface area contributed by atoms with Crippen LogP contribution in [-0.2, 0) is 10.0 Å². The number of amides is 1. The standard InChI is InChI=1S/C18H16FN3O3S/c19-16-7-3-2-6-15(16)18(23)21-9-11-22(12-10-21)26(24,25)17-8-4-1-5-14(17)13-20/h1-8H,9-12H2. The summed E-state index contributed by atoms with van der Waals surface area (Å²) in [4.78, 5) is 13.8. The van der Waals surface area contributed by atoms with Crippen LogP contribution in [0, 0.1) is 17.1 Å². The molecule has 0 bridgehead atoms. The fourth-order valence-electron chi connectivity index (χ4n) is 2.86. The van der Waals surface area contributed by atoms with Gasteiger partial charge in [-0.3, -0.25) is 4.79 Å². The molecule has 134 valence electrons. The lowest BCUT2D eigenvalue weighted by molar-refractivity contribution is 0.0693. The minimum atomic E-state index is -3.83. The molecule has 0 aromatic heterocycles. The maximum atomic E-state index is 13.8. The van der Waals surface area contributed by atoms with Crippen LogP contribution >= 0.6 is 0 Å². The van der Waals surface area contributed by atoms with E-state index < -0.39 is 21.7 Å². The number of nitrogens with zero attached hydrogens (tertiary/aromatic N) is 3. The SMILES string of the molecule is N#Cc1ccccc1S(=O)(=O)N1CCN(C(=O)c2ccccc2F)CC1. The number of piperazine rings is 1. The zero-order valence-electron chi connectivity index (χ0n) is 13.8. The normalized spacial score (nSPS) is 15.5. The second-order valence-electron chi connectivity index (χ2n) is 5.78. The number of nitriles is 1. The molecule has 1 aliphatic rings. The molecule has 26 heavy (non-hydrogen) atoms. The Kier molecular flexibility index (Phi) is 5.02. The third kappa shape index (κ3) is 3.31. The van der Waals surface area contributed by atoms with Gasteiger partial charge in [-0.05, 0) is 24.3 Å². The van der Waals surface area contributed by atoms with Crippen molar-refractivity contribution in [2.75, 3.05) is 26.2 Å². The van der Waals surface area contributed by atoms with Gasteiger partial charge in [0.05, 0.1) is 16.0 Å². The van der Waals surface area contributed by atoms with E-state index in [2.05, 4.69) is 0 Å². The summed E-state index contributed by atoms with van der Waals surface area (Å²) in [5.74, 6) is -1.06. The van der Waals surface area contributed by atoms with Crippen molar-refractivity contribution in [2.24, 2.45) is 0 Å². The first-order valence-electron chi connectivity index (χ1n) is 7.98. The van der Waals surface area contributed by atoms with Crippen LogP contribution in [0.5, 0.6) is 0 Å². The highest BCUT2D eigenvalue weighted by molar-refractivity contribution is 7.89. The van der Waals surface area contributed by atoms with Crippen LogP contribution in [0.15, 0.2) is 53.4 Å². The summed E-state index contributed by atoms with van der Waals surface area (Å²) < 4.78 is 40.6. The van der Waals surface area contributed by atoms with Crippen molar-refractivity contribution < 1.29 is 17.6 Å². The van der Waals surface area contributed by atoms with E-state index in [1.54, 1.807) is 18.2 Å². The summed E-state index contributed by atoms with van der Waals surface area (Å²) in [7, 11) is -3.83. The van der Waals surface area contributed by atoms with Gasteiger partial charge >= 0.3 is 0 Å². The molecule has 1 fully saturated rings. The summed E-state index contributed by atoms with van der Waals surface area (Å²) in [5.41, 5.74) is 0.0518. The molecule has 3 rings (SSSR count). The van der Waals surface area contributed by atoms with E-state index in [4.69, 9.17) is 5.26 Å². The lowest BCUT2D eigenvalue weighted by atomic mass is 10.1. The van der Waals surface area contributed by atoms with Gasteiger partial charge in [-0.25, -0.2) is 12.8 Å². The van der Waals surface area contributed by atoms with Crippen molar-refractivity contribution in [1.29, 1.82) is 5.26 Å². The van der Waals surface area contributed by atoms with Gasteiger partial charge in [-0.15, -0.1) is 0 Å². The summed E-state index contributed by atoms with van der Waals surface area (Å²) in [6.45, 7) is 0.479. The Morgan fingerprint density at radius 3 is 2.27 bits per heavy atom. The van der Waals surface area contributed by atoms with Gasteiger partial charge in [0.1, 0.15) is 11.9 Å². The average Bonchev–Trinajstić information content (AvgIpc) is 2.68. The van der Waals surface area contributed by atoms with Gasteiger partial charge in [0.25, 0.3) is 5.91 Å². The number of hydrogen-bond donors (Lipinski definition) is 0. The van der Waals surface area contributed by atoms with Gasteiger partial charge in [0.15, 0.2) is 0 Å². The molecule has 0 unspecified atom stereocenters. The maximum Gasteiger partial charge on any atom is 0.256 e. The molecule has 2 aromatic carbocycles. The first kappa shape index (κ1) is 18.0. The van der Waals surface area contributed by atoms with Crippen LogP contribution < -0.4 is 0 Å². The quantitative estimate of drug-likeness (QED) is 0.822. The van der Waals surface area contributed by atoms with Crippen molar-refractivity contribution in [1.82, 2.24) is 9.21 Å². The zero-order valence-corrected chi connectivity index (χ0v) is 14.6. The monoisotopic (exact) mass is 373 g/mol. The minimum absolute atomic E-state index is 0.0290. The molecule has 0 aliphatic carbocycles. The largest absolute Gasteiger partial charge is 0.336 e. The predicted octanol–water partition coefficient (Wildman–Crippen LogP) is 1.84. The van der Waals surface area contributed by atoms with Crippen molar-refractivity contribution in [3.63, 3.8) is 0 Å². The Labute approximate surface area is 151 Å². The molecule has 0 radical (unpaired) electrons. The molecule has 1 saturated heterocycles. The van der Waals surface area contributed by atoms with Crippen molar-refractivity contribution in [3.05, 3.63) is 65.5 Å². The fraction of sp³-hybridized carbons (Fsp3) is 0.222. The predicted molar refractivity (Wildman–Crippen MR) is 92.2 cm³/mol. The van der Waals surface area contributed by atoms with Gasteiger partial charge in [0.2, 0.25) is 10.0 Å². The van der Waals surface area contributed by atoms with Crippen LogP contribution in [0.25, 0.3) is 0 Å². The maximum absolute atomic E-state index is 13.8. The van der Waals surface area contributed by atoms with Crippen molar-refractivity contribution in [2.45, 2.75) is 4.90 Å². The van der Waals surface area contributed by atoms with E-state index in [1.807, 2.05) is 6.07 Å². The number of benzene rings is 2. The molecule has 0 N–H and O–H groups in total. The molecular formula is C18H16FN3O3S. The Morgan fingerprint density at radius 1 is 1.00 bits per heavy atom. The third-order valence-electron chi connectivity index (χ3n) is 4.26. The highest BCUT2D eigenvalue weighted by Gasteiger charge is 2.32. The summed E-state index contributed by atoms with van der Waals surface area (Å²) in [5, 5.41) is 9.13. The highest BCUT2D eigenvalue weighted by Crippen LogP contribution is 2.21. The first-order chi connectivity index (χ1) is 12.4. The van der Waals surface area contributed by atoms with Crippen LogP contribution in [0.3, 0.4) is 0 Å². The first-order valence-corrected chi connectivity index (χ1v) is 9.42. The lowest BCUT2D eigenvalue weighted by Gasteiger charge is -2.34. The number of sulfonamides is 1. The smallest absolute Gasteiger partial charge is 0.256 e. The van der Waals surface area contributed by atoms with Crippen molar-refractivity contribution >= 4 is 15.9 Å². The second kappa shape index (κ2) is 7.23. The molecule has 1 amide bonds. The van der Waals surface area contributed by atoms with Crippen LogP contribution in [0.2, 0.25) is 0 Å².